The van der Waals surface area contributed by atoms with E-state index in [1.807, 2.05) is 12.1 Å². The van der Waals surface area contributed by atoms with Gasteiger partial charge in [-0.3, -0.25) is 4.57 Å². The van der Waals surface area contributed by atoms with Crippen molar-refractivity contribution in [2.45, 2.75) is 0 Å². The van der Waals surface area contributed by atoms with Crippen molar-refractivity contribution in [1.82, 2.24) is 19.1 Å². The molecule has 3 heterocycles. The molecule has 48 heavy (non-hydrogen) atoms. The summed E-state index contributed by atoms with van der Waals surface area (Å²) in [5, 5.41) is 7.21. The van der Waals surface area contributed by atoms with Crippen LogP contribution >= 0.6 is 0 Å². The molecule has 7 aromatic carbocycles. The zero-order valence-electron chi connectivity index (χ0n) is 26.0. The van der Waals surface area contributed by atoms with Gasteiger partial charge in [-0.2, -0.15) is 0 Å². The van der Waals surface area contributed by atoms with Crippen LogP contribution in [-0.2, 0) is 0 Å². The quantitative estimate of drug-likeness (QED) is 0.198. The summed E-state index contributed by atoms with van der Waals surface area (Å²) in [5.41, 5.74) is 9.56. The average Bonchev–Trinajstić information content (AvgIpc) is 3.67. The SMILES string of the molecule is c1ccc(-c2cc(-c3ccccc3)nc(-n3c4ccccc4c4cc5ccc6c7ccccc7n(-c7ccccc7)c6c5cc43)n2)cc1. The Morgan fingerprint density at radius 2 is 0.896 bits per heavy atom. The third kappa shape index (κ3) is 4.03. The van der Waals surface area contributed by atoms with Gasteiger partial charge in [0.25, 0.3) is 0 Å². The first-order chi connectivity index (χ1) is 23.8. The molecule has 0 unspecified atom stereocenters. The van der Waals surface area contributed by atoms with Crippen LogP contribution in [0.15, 0.2) is 170 Å². The summed E-state index contributed by atoms with van der Waals surface area (Å²) in [6.45, 7) is 0. The van der Waals surface area contributed by atoms with Crippen molar-refractivity contribution in [3.05, 3.63) is 170 Å². The predicted octanol–water partition coefficient (Wildman–Crippen LogP) is 11.2. The number of hydrogen-bond acceptors (Lipinski definition) is 2. The van der Waals surface area contributed by atoms with E-state index in [1.165, 1.54) is 43.4 Å². The Bertz CT molecular complexity index is 2760. The van der Waals surface area contributed by atoms with Crippen molar-refractivity contribution in [3.8, 4) is 34.2 Å². The average molecular weight is 613 g/mol. The molecule has 0 aliphatic heterocycles. The van der Waals surface area contributed by atoms with E-state index in [2.05, 4.69) is 167 Å². The fourth-order valence-electron chi connectivity index (χ4n) is 7.36. The van der Waals surface area contributed by atoms with Crippen LogP contribution in [0, 0.1) is 0 Å². The van der Waals surface area contributed by atoms with E-state index in [0.29, 0.717) is 5.95 Å². The maximum atomic E-state index is 5.26. The maximum absolute atomic E-state index is 5.26. The molecule has 10 rings (SSSR count). The third-order valence-corrected chi connectivity index (χ3v) is 9.51. The molecule has 0 amide bonds. The molecular weight excluding hydrogens is 585 g/mol. The predicted molar refractivity (Wildman–Crippen MR) is 199 cm³/mol. The van der Waals surface area contributed by atoms with Crippen LogP contribution < -0.4 is 0 Å². The monoisotopic (exact) mass is 612 g/mol. The number of hydrogen-bond donors (Lipinski definition) is 0. The lowest BCUT2D eigenvalue weighted by Gasteiger charge is -2.13. The Balaban J connectivity index is 1.34. The van der Waals surface area contributed by atoms with Crippen LogP contribution in [0.2, 0.25) is 0 Å². The lowest BCUT2D eigenvalue weighted by atomic mass is 10.0. The van der Waals surface area contributed by atoms with E-state index in [9.17, 15) is 0 Å². The molecule has 224 valence electrons. The topological polar surface area (TPSA) is 35.6 Å². The molecule has 0 radical (unpaired) electrons. The lowest BCUT2D eigenvalue weighted by molar-refractivity contribution is 0.996. The van der Waals surface area contributed by atoms with Crippen molar-refractivity contribution in [2.75, 3.05) is 0 Å². The molecule has 3 aromatic heterocycles. The minimum absolute atomic E-state index is 0.650. The van der Waals surface area contributed by atoms with Gasteiger partial charge in [0.2, 0.25) is 5.95 Å². The first-order valence-corrected chi connectivity index (χ1v) is 16.3. The summed E-state index contributed by atoms with van der Waals surface area (Å²) in [5.74, 6) is 0.650. The molecule has 0 saturated heterocycles. The highest BCUT2D eigenvalue weighted by molar-refractivity contribution is 6.22. The number of rotatable bonds is 4. The van der Waals surface area contributed by atoms with Crippen LogP contribution in [-0.4, -0.2) is 19.1 Å². The first kappa shape index (κ1) is 26.7. The number of aromatic nitrogens is 4. The van der Waals surface area contributed by atoms with Gasteiger partial charge in [-0.15, -0.1) is 0 Å². The third-order valence-electron chi connectivity index (χ3n) is 9.51. The second-order valence-electron chi connectivity index (χ2n) is 12.3. The van der Waals surface area contributed by atoms with Crippen LogP contribution in [0.3, 0.4) is 0 Å². The van der Waals surface area contributed by atoms with E-state index in [-0.39, 0.29) is 0 Å². The lowest BCUT2D eigenvalue weighted by Crippen LogP contribution is -2.04. The second kappa shape index (κ2) is 10.5. The van der Waals surface area contributed by atoms with Gasteiger partial charge in [0.05, 0.1) is 33.5 Å². The molecule has 4 heteroatoms. The zero-order chi connectivity index (χ0) is 31.6. The van der Waals surface area contributed by atoms with Crippen LogP contribution in [0.25, 0.3) is 88.5 Å². The van der Waals surface area contributed by atoms with Crippen LogP contribution in [0.5, 0.6) is 0 Å². The van der Waals surface area contributed by atoms with Crippen molar-refractivity contribution >= 4 is 54.4 Å². The summed E-state index contributed by atoms with van der Waals surface area (Å²) in [6, 6.07) is 60.1. The molecule has 0 fully saturated rings. The van der Waals surface area contributed by atoms with E-state index in [4.69, 9.17) is 9.97 Å². The Labute approximate surface area is 276 Å². The van der Waals surface area contributed by atoms with Gasteiger partial charge in [0.15, 0.2) is 0 Å². The van der Waals surface area contributed by atoms with E-state index in [1.54, 1.807) is 0 Å². The fraction of sp³-hybridized carbons (Fsp3) is 0. The molecule has 0 atom stereocenters. The van der Waals surface area contributed by atoms with E-state index < -0.39 is 0 Å². The normalized spacial score (nSPS) is 11.8. The molecule has 4 nitrogen and oxygen atoms in total. The van der Waals surface area contributed by atoms with Crippen molar-refractivity contribution < 1.29 is 0 Å². The van der Waals surface area contributed by atoms with Crippen molar-refractivity contribution in [2.24, 2.45) is 0 Å². The molecule has 0 bridgehead atoms. The molecule has 0 spiro atoms. The molecule has 0 aliphatic rings. The van der Waals surface area contributed by atoms with Gasteiger partial charge >= 0.3 is 0 Å². The minimum Gasteiger partial charge on any atom is -0.309 e. The summed E-state index contributed by atoms with van der Waals surface area (Å²) < 4.78 is 4.66. The Kier molecular flexibility index (Phi) is 5.84. The largest absolute Gasteiger partial charge is 0.309 e. The first-order valence-electron chi connectivity index (χ1n) is 16.3. The molecule has 0 N–H and O–H groups in total. The summed E-state index contributed by atoms with van der Waals surface area (Å²) in [7, 11) is 0. The second-order valence-corrected chi connectivity index (χ2v) is 12.3. The number of para-hydroxylation sites is 3. The Morgan fingerprint density at radius 3 is 1.54 bits per heavy atom. The van der Waals surface area contributed by atoms with Crippen LogP contribution in [0.4, 0.5) is 0 Å². The highest BCUT2D eigenvalue weighted by Gasteiger charge is 2.20. The van der Waals surface area contributed by atoms with Gasteiger partial charge in [-0.25, -0.2) is 9.97 Å². The number of fused-ring (bicyclic) bond motifs is 8. The molecule has 0 saturated carbocycles. The van der Waals surface area contributed by atoms with Crippen LogP contribution in [0.1, 0.15) is 0 Å². The maximum Gasteiger partial charge on any atom is 0.235 e. The summed E-state index contributed by atoms with van der Waals surface area (Å²) in [4.78, 5) is 10.5. The highest BCUT2D eigenvalue weighted by Crippen LogP contribution is 2.40. The smallest absolute Gasteiger partial charge is 0.235 e. The van der Waals surface area contributed by atoms with Crippen molar-refractivity contribution in [1.29, 1.82) is 0 Å². The highest BCUT2D eigenvalue weighted by atomic mass is 15.2. The summed E-state index contributed by atoms with van der Waals surface area (Å²) >= 11 is 0. The summed E-state index contributed by atoms with van der Waals surface area (Å²) in [6.07, 6.45) is 0. The van der Waals surface area contributed by atoms with E-state index in [0.717, 1.165) is 39.2 Å². The Hall–Kier alpha value is -6.52. The van der Waals surface area contributed by atoms with E-state index >= 15 is 0 Å². The zero-order valence-corrected chi connectivity index (χ0v) is 26.0. The Morgan fingerprint density at radius 1 is 0.354 bits per heavy atom. The van der Waals surface area contributed by atoms with Gasteiger partial charge in [-0.05, 0) is 47.9 Å². The van der Waals surface area contributed by atoms with Gasteiger partial charge in [0.1, 0.15) is 0 Å². The minimum atomic E-state index is 0.650. The molecule has 10 aromatic rings. The number of nitrogens with zero attached hydrogens (tertiary/aromatic N) is 4. The molecule has 0 aliphatic carbocycles. The standard InChI is InChI=1S/C44H28N4/c1-4-14-29(15-5-1)38-28-39(30-16-6-2-7-17-30)46-44(45-38)48-41-23-13-11-21-34(41)37-26-31-24-25-35-33-20-10-12-22-40(33)47(32-18-8-3-9-19-32)43(35)36(31)27-42(37)48/h1-28H. The van der Waals surface area contributed by atoms with Crippen molar-refractivity contribution in [3.63, 3.8) is 0 Å². The van der Waals surface area contributed by atoms with Gasteiger partial charge in [0, 0.05) is 43.7 Å². The fourth-order valence-corrected chi connectivity index (χ4v) is 7.36. The van der Waals surface area contributed by atoms with Gasteiger partial charge in [-0.1, -0.05) is 127 Å². The molecular formula is C44H28N4. The van der Waals surface area contributed by atoms with Gasteiger partial charge < -0.3 is 4.57 Å². The number of benzene rings is 7.